The van der Waals surface area contributed by atoms with Crippen LogP contribution < -0.4 is 4.90 Å². The molecule has 2 aromatic carbocycles. The molecular formula is C26H24ClNO2. The van der Waals surface area contributed by atoms with E-state index < -0.39 is 0 Å². The van der Waals surface area contributed by atoms with Gasteiger partial charge in [-0.3, -0.25) is 9.59 Å². The predicted octanol–water partition coefficient (Wildman–Crippen LogP) is 6.27. The van der Waals surface area contributed by atoms with Crippen LogP contribution in [0.1, 0.15) is 55.6 Å². The fourth-order valence-electron chi connectivity index (χ4n) is 5.15. The molecule has 0 fully saturated rings. The number of nitrogens with zero attached hydrogens (tertiary/aromatic N) is 1. The minimum absolute atomic E-state index is 0.142. The van der Waals surface area contributed by atoms with E-state index in [-0.39, 0.29) is 17.5 Å². The summed E-state index contributed by atoms with van der Waals surface area (Å²) in [6.07, 6.45) is 4.40. The van der Waals surface area contributed by atoms with Crippen molar-refractivity contribution in [3.05, 3.63) is 87.2 Å². The van der Waals surface area contributed by atoms with Gasteiger partial charge in [0.05, 0.1) is 0 Å². The molecule has 5 rings (SSSR count). The van der Waals surface area contributed by atoms with Gasteiger partial charge in [-0.25, -0.2) is 0 Å². The van der Waals surface area contributed by atoms with Gasteiger partial charge in [0.2, 0.25) is 0 Å². The quantitative estimate of drug-likeness (QED) is 0.578. The summed E-state index contributed by atoms with van der Waals surface area (Å²) in [5, 5.41) is 0.613. The lowest BCUT2D eigenvalue weighted by Crippen LogP contribution is -2.39. The lowest BCUT2D eigenvalue weighted by molar-refractivity contribution is -0.116. The third kappa shape index (κ3) is 3.04. The summed E-state index contributed by atoms with van der Waals surface area (Å²) in [6, 6.07) is 16.0. The molecular weight excluding hydrogens is 394 g/mol. The zero-order valence-electron chi connectivity index (χ0n) is 17.1. The van der Waals surface area contributed by atoms with Crippen LogP contribution in [0.15, 0.2) is 71.1 Å². The predicted molar refractivity (Wildman–Crippen MR) is 120 cm³/mol. The largest absolute Gasteiger partial charge is 0.317 e. The average molecular weight is 418 g/mol. The molecule has 0 saturated carbocycles. The molecule has 1 aliphatic heterocycles. The van der Waals surface area contributed by atoms with Crippen molar-refractivity contribution in [2.24, 2.45) is 0 Å². The number of rotatable bonds is 2. The maximum Gasteiger partial charge on any atom is 0.161 e. The van der Waals surface area contributed by atoms with Gasteiger partial charge >= 0.3 is 0 Å². The average Bonchev–Trinajstić information content (AvgIpc) is 2.74. The zero-order chi connectivity index (χ0) is 20.8. The first kappa shape index (κ1) is 19.3. The molecule has 4 heteroatoms. The van der Waals surface area contributed by atoms with E-state index in [0.717, 1.165) is 59.5 Å². The summed E-state index contributed by atoms with van der Waals surface area (Å²) in [6.45, 7) is 2.07. The Morgan fingerprint density at radius 1 is 0.800 bits per heavy atom. The molecule has 0 saturated heterocycles. The maximum atomic E-state index is 13.3. The Balaban J connectivity index is 1.80. The topological polar surface area (TPSA) is 37.4 Å². The first-order valence-corrected chi connectivity index (χ1v) is 11.1. The molecule has 2 aliphatic carbocycles. The normalized spacial score (nSPS) is 19.9. The maximum absolute atomic E-state index is 13.3. The smallest absolute Gasteiger partial charge is 0.161 e. The van der Waals surface area contributed by atoms with E-state index in [1.165, 1.54) is 5.56 Å². The molecule has 0 N–H and O–H groups in total. The SMILES string of the molecule is Cc1ccc(N2C3=C(C(=O)CCC3)C(c3ccccc3Cl)C3=C2CCCC3=O)cc1. The summed E-state index contributed by atoms with van der Waals surface area (Å²) in [5.74, 6) is -0.0718. The summed E-state index contributed by atoms with van der Waals surface area (Å²) in [7, 11) is 0. The van der Waals surface area contributed by atoms with Crippen molar-refractivity contribution in [1.82, 2.24) is 0 Å². The molecule has 0 amide bonds. The highest BCUT2D eigenvalue weighted by Gasteiger charge is 2.44. The Morgan fingerprint density at radius 2 is 1.37 bits per heavy atom. The molecule has 0 aromatic heterocycles. The summed E-state index contributed by atoms with van der Waals surface area (Å²) >= 11 is 6.60. The van der Waals surface area contributed by atoms with Crippen LogP contribution in [0.2, 0.25) is 5.02 Å². The van der Waals surface area contributed by atoms with Crippen molar-refractivity contribution >= 4 is 28.9 Å². The fraction of sp³-hybridized carbons (Fsp3) is 0.308. The van der Waals surface area contributed by atoms with Crippen molar-refractivity contribution in [2.45, 2.75) is 51.4 Å². The van der Waals surface area contributed by atoms with Crippen molar-refractivity contribution in [1.29, 1.82) is 0 Å². The minimum Gasteiger partial charge on any atom is -0.317 e. The Labute approximate surface area is 182 Å². The number of anilines is 1. The molecule has 1 heterocycles. The van der Waals surface area contributed by atoms with Crippen molar-refractivity contribution < 1.29 is 9.59 Å². The monoisotopic (exact) mass is 417 g/mol. The standard InChI is InChI=1S/C26H24ClNO2/c1-16-12-14-17(15-13-16)28-20-8-4-10-22(29)25(20)24(18-6-2-3-7-19(18)27)26-21(28)9-5-11-23(26)30/h2-3,6-7,12-15,24H,4-5,8-11H2,1H3. The van der Waals surface area contributed by atoms with Crippen LogP contribution in [0.5, 0.6) is 0 Å². The van der Waals surface area contributed by atoms with Crippen LogP contribution in [0.3, 0.4) is 0 Å². The van der Waals surface area contributed by atoms with E-state index in [1.807, 2.05) is 24.3 Å². The van der Waals surface area contributed by atoms with Gasteiger partial charge in [-0.1, -0.05) is 47.5 Å². The third-order valence-corrected chi connectivity index (χ3v) is 6.83. The number of carbonyl (C=O) groups excluding carboxylic acids is 2. The Morgan fingerprint density at radius 3 is 1.93 bits per heavy atom. The number of benzene rings is 2. The van der Waals surface area contributed by atoms with Gasteiger partial charge < -0.3 is 4.90 Å². The number of hydrogen-bond acceptors (Lipinski definition) is 3. The molecule has 3 nitrogen and oxygen atoms in total. The third-order valence-electron chi connectivity index (χ3n) is 6.48. The van der Waals surface area contributed by atoms with Crippen LogP contribution >= 0.6 is 11.6 Å². The Kier molecular flexibility index (Phi) is 4.86. The molecule has 0 radical (unpaired) electrons. The van der Waals surface area contributed by atoms with E-state index in [2.05, 4.69) is 36.1 Å². The molecule has 30 heavy (non-hydrogen) atoms. The van der Waals surface area contributed by atoms with Crippen LogP contribution in [-0.2, 0) is 9.59 Å². The van der Waals surface area contributed by atoms with E-state index in [4.69, 9.17) is 11.6 Å². The lowest BCUT2D eigenvalue weighted by atomic mass is 9.71. The molecule has 0 atom stereocenters. The molecule has 3 aliphatic rings. The molecule has 2 aromatic rings. The first-order valence-electron chi connectivity index (χ1n) is 10.7. The Hall–Kier alpha value is -2.65. The number of halogens is 1. The zero-order valence-corrected chi connectivity index (χ0v) is 17.8. The highest BCUT2D eigenvalue weighted by Crippen LogP contribution is 2.51. The van der Waals surface area contributed by atoms with Gasteiger partial charge in [0.25, 0.3) is 0 Å². The highest BCUT2D eigenvalue weighted by atomic mass is 35.5. The summed E-state index contributed by atoms with van der Waals surface area (Å²) < 4.78 is 0. The van der Waals surface area contributed by atoms with Gasteiger partial charge in [-0.15, -0.1) is 0 Å². The van der Waals surface area contributed by atoms with Crippen LogP contribution in [0, 0.1) is 6.92 Å². The number of hydrogen-bond donors (Lipinski definition) is 0. The Bertz CT molecular complexity index is 1070. The number of carbonyl (C=O) groups is 2. The van der Waals surface area contributed by atoms with E-state index >= 15 is 0 Å². The number of aryl methyl sites for hydroxylation is 1. The van der Waals surface area contributed by atoms with Crippen molar-refractivity contribution in [3.63, 3.8) is 0 Å². The van der Waals surface area contributed by atoms with E-state index in [1.54, 1.807) is 0 Å². The van der Waals surface area contributed by atoms with Crippen molar-refractivity contribution in [2.75, 3.05) is 4.90 Å². The summed E-state index contributed by atoms with van der Waals surface area (Å²) in [5.41, 5.74) is 6.72. The second kappa shape index (κ2) is 7.55. The molecule has 0 spiro atoms. The van der Waals surface area contributed by atoms with Gasteiger partial charge in [0.15, 0.2) is 11.6 Å². The van der Waals surface area contributed by atoms with E-state index in [0.29, 0.717) is 17.9 Å². The van der Waals surface area contributed by atoms with Gasteiger partial charge in [0, 0.05) is 52.0 Å². The van der Waals surface area contributed by atoms with Gasteiger partial charge in [0.1, 0.15) is 0 Å². The van der Waals surface area contributed by atoms with E-state index in [9.17, 15) is 9.59 Å². The van der Waals surface area contributed by atoms with Crippen LogP contribution in [0.25, 0.3) is 0 Å². The summed E-state index contributed by atoms with van der Waals surface area (Å²) in [4.78, 5) is 28.8. The number of Topliss-reactive ketones (excluding diaryl/α,β-unsaturated/α-hetero) is 2. The molecule has 0 unspecified atom stereocenters. The second-order valence-electron chi connectivity index (χ2n) is 8.40. The number of ketones is 2. The number of allylic oxidation sites excluding steroid dienone is 4. The first-order chi connectivity index (χ1) is 14.6. The molecule has 0 bridgehead atoms. The highest BCUT2D eigenvalue weighted by molar-refractivity contribution is 6.31. The fourth-order valence-corrected chi connectivity index (χ4v) is 5.39. The van der Waals surface area contributed by atoms with Crippen LogP contribution in [0.4, 0.5) is 5.69 Å². The van der Waals surface area contributed by atoms with Gasteiger partial charge in [-0.2, -0.15) is 0 Å². The second-order valence-corrected chi connectivity index (χ2v) is 8.81. The molecule has 152 valence electrons. The lowest BCUT2D eigenvalue weighted by Gasteiger charge is -2.44. The van der Waals surface area contributed by atoms with Gasteiger partial charge in [-0.05, 0) is 56.4 Å². The minimum atomic E-state index is -0.356. The van der Waals surface area contributed by atoms with Crippen LogP contribution in [-0.4, -0.2) is 11.6 Å². The van der Waals surface area contributed by atoms with Crippen molar-refractivity contribution in [3.8, 4) is 0 Å².